The fraction of sp³-hybridized carbons (Fsp3) is 0.440. The Bertz CT molecular complexity index is 1030. The number of β-amino-alcohol motifs (C(OH)–C–C–N with tert-alkyl or cyclic N) is 1. The maximum absolute atomic E-state index is 12.8. The van der Waals surface area contributed by atoms with Gasteiger partial charge in [-0.3, -0.25) is 9.69 Å². The van der Waals surface area contributed by atoms with Crippen LogP contribution in [0.2, 0.25) is 0 Å². The molecule has 2 aromatic rings. The second-order valence-electron chi connectivity index (χ2n) is 9.08. The van der Waals surface area contributed by atoms with Gasteiger partial charge in [0.2, 0.25) is 0 Å². The second kappa shape index (κ2) is 9.03. The van der Waals surface area contributed by atoms with E-state index in [2.05, 4.69) is 0 Å². The van der Waals surface area contributed by atoms with E-state index in [1.807, 2.05) is 56.0 Å². The summed E-state index contributed by atoms with van der Waals surface area (Å²) in [6.07, 6.45) is -1.80. The highest BCUT2D eigenvalue weighted by Gasteiger charge is 2.35. The largest absolute Gasteiger partial charge is 0.446 e. The molecule has 8 heteroatoms. The van der Waals surface area contributed by atoms with E-state index in [0.717, 1.165) is 16.8 Å². The first kappa shape index (κ1) is 23.1. The van der Waals surface area contributed by atoms with Crippen LogP contribution in [-0.2, 0) is 4.74 Å². The molecule has 2 N–H and O–H groups in total. The number of anilines is 2. The number of nitrogens with zero attached hydrogens (tertiary/aromatic N) is 3. The summed E-state index contributed by atoms with van der Waals surface area (Å²) in [4.78, 5) is 30.4. The van der Waals surface area contributed by atoms with E-state index in [1.54, 1.807) is 28.9 Å². The molecule has 2 aromatic carbocycles. The van der Waals surface area contributed by atoms with E-state index in [4.69, 9.17) is 4.74 Å². The van der Waals surface area contributed by atoms with Crippen molar-refractivity contribution in [2.45, 2.75) is 52.2 Å². The average Bonchev–Trinajstić information content (AvgIpc) is 2.75. The lowest BCUT2D eigenvalue weighted by molar-refractivity contribution is 0.00589. The van der Waals surface area contributed by atoms with Crippen LogP contribution in [0.25, 0.3) is 11.1 Å². The van der Waals surface area contributed by atoms with Gasteiger partial charge in [-0.05, 0) is 63.1 Å². The summed E-state index contributed by atoms with van der Waals surface area (Å²) in [7, 11) is 0. The minimum absolute atomic E-state index is 0.0895. The Kier molecular flexibility index (Phi) is 6.32. The number of benzene rings is 2. The molecule has 1 saturated heterocycles. The van der Waals surface area contributed by atoms with Gasteiger partial charge in [-0.25, -0.2) is 4.79 Å². The summed E-state index contributed by atoms with van der Waals surface area (Å²) >= 11 is 0. The van der Waals surface area contributed by atoms with Gasteiger partial charge >= 0.3 is 6.09 Å². The number of carbonyl (C=O) groups excluding carboxylic acids is 2. The van der Waals surface area contributed by atoms with Crippen molar-refractivity contribution in [2.75, 3.05) is 29.4 Å². The minimum Gasteiger partial charge on any atom is -0.446 e. The lowest BCUT2D eigenvalue weighted by atomic mass is 9.99. The molecule has 8 nitrogen and oxygen atoms in total. The molecule has 2 heterocycles. The number of hydrogen-bond acceptors (Lipinski definition) is 6. The second-order valence-corrected chi connectivity index (χ2v) is 9.08. The Labute approximate surface area is 194 Å². The van der Waals surface area contributed by atoms with Crippen LogP contribution in [0.4, 0.5) is 16.2 Å². The molecule has 33 heavy (non-hydrogen) atoms. The molecule has 0 spiro atoms. The molecule has 2 atom stereocenters. The number of fused-ring (bicyclic) bond motifs is 1. The molecule has 1 fully saturated rings. The Morgan fingerprint density at radius 2 is 1.61 bits per heavy atom. The van der Waals surface area contributed by atoms with E-state index in [-0.39, 0.29) is 18.1 Å². The molecular formula is C25H31N3O5. The average molecular weight is 454 g/mol. The summed E-state index contributed by atoms with van der Waals surface area (Å²) < 4.78 is 5.47. The molecule has 2 unspecified atom stereocenters. The third-order valence-electron chi connectivity index (χ3n) is 6.04. The highest BCUT2D eigenvalue weighted by molar-refractivity contribution is 5.97. The third-order valence-corrected chi connectivity index (χ3v) is 6.04. The van der Waals surface area contributed by atoms with Gasteiger partial charge in [0, 0.05) is 31.2 Å². The van der Waals surface area contributed by atoms with E-state index >= 15 is 0 Å². The van der Waals surface area contributed by atoms with Gasteiger partial charge in [-0.2, -0.15) is 0 Å². The third kappa shape index (κ3) is 4.54. The van der Waals surface area contributed by atoms with Gasteiger partial charge in [-0.15, -0.1) is 0 Å². The maximum Gasteiger partial charge on any atom is 0.414 e. The topological polar surface area (TPSA) is 93.6 Å². The van der Waals surface area contributed by atoms with Crippen LogP contribution in [0.3, 0.4) is 0 Å². The van der Waals surface area contributed by atoms with Crippen LogP contribution in [-0.4, -0.2) is 71.2 Å². The number of carbonyl (C=O) groups is 2. The molecule has 0 aromatic heterocycles. The zero-order valence-electron chi connectivity index (χ0n) is 19.4. The number of hydrogen-bond donors (Lipinski definition) is 2. The summed E-state index contributed by atoms with van der Waals surface area (Å²) in [5.41, 5.74) is 3.79. The van der Waals surface area contributed by atoms with Crippen molar-refractivity contribution < 1.29 is 24.5 Å². The molecule has 2 aliphatic rings. The Morgan fingerprint density at radius 1 is 0.970 bits per heavy atom. The highest BCUT2D eigenvalue weighted by Crippen LogP contribution is 2.40. The lowest BCUT2D eigenvalue weighted by Crippen LogP contribution is -2.53. The molecule has 0 radical (unpaired) electrons. The van der Waals surface area contributed by atoms with Gasteiger partial charge in [0.15, 0.2) is 0 Å². The lowest BCUT2D eigenvalue weighted by Gasteiger charge is -2.43. The molecule has 0 saturated carbocycles. The smallest absolute Gasteiger partial charge is 0.414 e. The first-order valence-corrected chi connectivity index (χ1v) is 11.3. The SMILES string of the molecule is CC(C)OC(=O)N1CC(C)N(C(C)O)c2ccc(-c3ccc(C(=O)N4CC(O)C4)cc3)cc21. The van der Waals surface area contributed by atoms with Crippen molar-refractivity contribution in [3.63, 3.8) is 0 Å². The Hall–Kier alpha value is -3.10. The predicted molar refractivity (Wildman–Crippen MR) is 126 cm³/mol. The summed E-state index contributed by atoms with van der Waals surface area (Å²) in [6.45, 7) is 8.43. The zero-order valence-corrected chi connectivity index (χ0v) is 19.4. The standard InChI is InChI=1S/C25H31N3O5/c1-15(2)33-25(32)27-12-16(3)28(17(4)29)22-10-9-20(11-23(22)27)18-5-7-19(8-6-18)24(31)26-13-21(30)14-26/h5-11,15-17,21,29-30H,12-14H2,1-4H3. The van der Waals surface area contributed by atoms with E-state index in [0.29, 0.717) is 30.9 Å². The summed E-state index contributed by atoms with van der Waals surface area (Å²) in [5, 5.41) is 19.8. The molecule has 2 aliphatic heterocycles. The summed E-state index contributed by atoms with van der Waals surface area (Å²) in [6, 6.07) is 13.0. The molecule has 2 amide bonds. The molecule has 4 rings (SSSR count). The number of ether oxygens (including phenoxy) is 1. The van der Waals surface area contributed by atoms with Crippen molar-refractivity contribution in [1.29, 1.82) is 0 Å². The van der Waals surface area contributed by atoms with Gasteiger partial charge in [-0.1, -0.05) is 18.2 Å². The van der Waals surface area contributed by atoms with E-state index < -0.39 is 18.4 Å². The van der Waals surface area contributed by atoms with E-state index in [1.165, 1.54) is 0 Å². The van der Waals surface area contributed by atoms with Crippen molar-refractivity contribution in [2.24, 2.45) is 0 Å². The monoisotopic (exact) mass is 453 g/mol. The molecule has 0 bridgehead atoms. The fourth-order valence-electron chi connectivity index (χ4n) is 4.44. The molecule has 0 aliphatic carbocycles. The van der Waals surface area contributed by atoms with Crippen LogP contribution >= 0.6 is 0 Å². The number of likely N-dealkylation sites (tertiary alicyclic amines) is 1. The quantitative estimate of drug-likeness (QED) is 0.739. The number of aliphatic hydroxyl groups is 2. The first-order valence-electron chi connectivity index (χ1n) is 11.3. The van der Waals surface area contributed by atoms with Crippen LogP contribution in [0.1, 0.15) is 38.1 Å². The summed E-state index contributed by atoms with van der Waals surface area (Å²) in [5.74, 6) is -0.0959. The van der Waals surface area contributed by atoms with Crippen LogP contribution in [0, 0.1) is 0 Å². The van der Waals surface area contributed by atoms with Crippen molar-refractivity contribution in [1.82, 2.24) is 4.90 Å². The zero-order chi connectivity index (χ0) is 23.9. The van der Waals surface area contributed by atoms with Crippen LogP contribution in [0.5, 0.6) is 0 Å². The van der Waals surface area contributed by atoms with Gasteiger partial charge in [0.25, 0.3) is 5.91 Å². The van der Waals surface area contributed by atoms with Crippen LogP contribution in [0.15, 0.2) is 42.5 Å². The Balaban J connectivity index is 1.66. The van der Waals surface area contributed by atoms with Crippen molar-refractivity contribution in [3.8, 4) is 11.1 Å². The van der Waals surface area contributed by atoms with Gasteiger partial charge in [0.1, 0.15) is 6.23 Å². The maximum atomic E-state index is 12.8. The highest BCUT2D eigenvalue weighted by atomic mass is 16.6. The van der Waals surface area contributed by atoms with Crippen molar-refractivity contribution >= 4 is 23.4 Å². The minimum atomic E-state index is -0.710. The molecule has 176 valence electrons. The van der Waals surface area contributed by atoms with Gasteiger partial charge in [0.05, 0.1) is 23.6 Å². The predicted octanol–water partition coefficient (Wildman–Crippen LogP) is 3.07. The van der Waals surface area contributed by atoms with Crippen LogP contribution < -0.4 is 9.80 Å². The van der Waals surface area contributed by atoms with E-state index in [9.17, 15) is 19.8 Å². The fourth-order valence-corrected chi connectivity index (χ4v) is 4.44. The number of amides is 2. The number of rotatable bonds is 4. The normalized spacial score (nSPS) is 19.2. The Morgan fingerprint density at radius 3 is 2.18 bits per heavy atom. The number of aliphatic hydroxyl groups excluding tert-OH is 2. The first-order chi connectivity index (χ1) is 15.7. The molecular weight excluding hydrogens is 422 g/mol. The van der Waals surface area contributed by atoms with Gasteiger partial charge < -0.3 is 24.7 Å². The van der Waals surface area contributed by atoms with Crippen molar-refractivity contribution in [3.05, 3.63) is 48.0 Å².